The summed E-state index contributed by atoms with van der Waals surface area (Å²) in [5, 5.41) is 4.42. The van der Waals surface area contributed by atoms with Crippen LogP contribution < -0.4 is 10.2 Å². The molecule has 10 heteroatoms. The Bertz CT molecular complexity index is 866. The van der Waals surface area contributed by atoms with Gasteiger partial charge in [-0.1, -0.05) is 34.5 Å². The van der Waals surface area contributed by atoms with Gasteiger partial charge < -0.3 is 19.9 Å². The van der Waals surface area contributed by atoms with Crippen LogP contribution in [0, 0.1) is 6.92 Å². The number of aromatic amines is 1. The SMILES string of the molecule is COC(=O)c1cnc(N2CC[C@@H](NC(=O)c3[nH]c(C)c(Cl)c3Cl)C[C@H]2C)s1. The van der Waals surface area contributed by atoms with E-state index in [9.17, 15) is 9.59 Å². The smallest absolute Gasteiger partial charge is 0.349 e. The fraction of sp³-hybridized carbons (Fsp3) is 0.471. The number of aryl methyl sites for hydroxylation is 1. The number of thiazole rings is 1. The molecule has 3 heterocycles. The van der Waals surface area contributed by atoms with Crippen molar-refractivity contribution < 1.29 is 14.3 Å². The number of aromatic nitrogens is 2. The Hall–Kier alpha value is -1.77. The highest BCUT2D eigenvalue weighted by atomic mass is 35.5. The van der Waals surface area contributed by atoms with Crippen molar-refractivity contribution in [3.8, 4) is 0 Å². The molecule has 0 radical (unpaired) electrons. The van der Waals surface area contributed by atoms with E-state index in [2.05, 4.69) is 27.1 Å². The molecule has 27 heavy (non-hydrogen) atoms. The van der Waals surface area contributed by atoms with Gasteiger partial charge in [-0.05, 0) is 26.7 Å². The summed E-state index contributed by atoms with van der Waals surface area (Å²) in [4.78, 5) is 34.0. The number of carbonyl (C=O) groups excluding carboxylic acids is 2. The van der Waals surface area contributed by atoms with E-state index in [4.69, 9.17) is 27.9 Å². The van der Waals surface area contributed by atoms with Gasteiger partial charge in [0.1, 0.15) is 10.6 Å². The number of nitrogens with one attached hydrogen (secondary N) is 2. The van der Waals surface area contributed by atoms with E-state index in [0.717, 1.165) is 24.5 Å². The Kier molecular flexibility index (Phi) is 5.98. The predicted molar refractivity (Wildman–Crippen MR) is 106 cm³/mol. The standard InChI is InChI=1S/C17H20Cl2N4O3S/c1-8-6-10(22-15(24)14-13(19)12(18)9(2)21-14)4-5-23(8)17-20-7-11(27-17)16(25)26-3/h7-8,10,21H,4-6H2,1-3H3,(H,22,24)/t8-,10-/m1/s1. The molecule has 0 spiro atoms. The molecule has 2 N–H and O–H groups in total. The quantitative estimate of drug-likeness (QED) is 0.722. The number of nitrogens with zero attached hydrogens (tertiary/aromatic N) is 2. The second-order valence-corrected chi connectivity index (χ2v) is 8.25. The second-order valence-electron chi connectivity index (χ2n) is 6.49. The van der Waals surface area contributed by atoms with E-state index in [0.29, 0.717) is 15.6 Å². The summed E-state index contributed by atoms with van der Waals surface area (Å²) >= 11 is 13.5. The summed E-state index contributed by atoms with van der Waals surface area (Å²) in [6.07, 6.45) is 3.05. The first-order valence-electron chi connectivity index (χ1n) is 8.47. The summed E-state index contributed by atoms with van der Waals surface area (Å²) in [7, 11) is 1.35. The van der Waals surface area contributed by atoms with Gasteiger partial charge in [0.25, 0.3) is 5.91 Å². The van der Waals surface area contributed by atoms with Crippen molar-refractivity contribution in [2.24, 2.45) is 0 Å². The molecule has 1 aliphatic rings. The third-order valence-electron chi connectivity index (χ3n) is 4.62. The molecule has 146 valence electrons. The van der Waals surface area contributed by atoms with E-state index in [-0.39, 0.29) is 34.7 Å². The summed E-state index contributed by atoms with van der Waals surface area (Å²) in [5.41, 5.74) is 0.956. The zero-order valence-corrected chi connectivity index (χ0v) is 17.5. The minimum atomic E-state index is -0.384. The lowest BCUT2D eigenvalue weighted by molar-refractivity contribution is 0.0606. The average molecular weight is 431 g/mol. The summed E-state index contributed by atoms with van der Waals surface area (Å²) in [5.74, 6) is -0.645. The van der Waals surface area contributed by atoms with Gasteiger partial charge in [0.15, 0.2) is 5.13 Å². The zero-order valence-electron chi connectivity index (χ0n) is 15.1. The first kappa shape index (κ1) is 20.0. The van der Waals surface area contributed by atoms with Crippen molar-refractivity contribution in [2.45, 2.75) is 38.8 Å². The highest BCUT2D eigenvalue weighted by molar-refractivity contribution is 7.17. The van der Waals surface area contributed by atoms with Crippen LogP contribution in [0.15, 0.2) is 6.20 Å². The van der Waals surface area contributed by atoms with E-state index in [1.807, 2.05) is 0 Å². The molecule has 0 unspecified atom stereocenters. The number of hydrogen-bond acceptors (Lipinski definition) is 6. The number of carbonyl (C=O) groups is 2. The average Bonchev–Trinajstić information content (AvgIpc) is 3.22. The molecule has 7 nitrogen and oxygen atoms in total. The number of amides is 1. The van der Waals surface area contributed by atoms with Crippen LogP contribution in [0.4, 0.5) is 5.13 Å². The number of methoxy groups -OCH3 is 1. The van der Waals surface area contributed by atoms with Crippen molar-refractivity contribution in [1.82, 2.24) is 15.3 Å². The van der Waals surface area contributed by atoms with Crippen LogP contribution in [0.2, 0.25) is 10.0 Å². The molecule has 1 aliphatic heterocycles. The number of piperidine rings is 1. The number of halogens is 2. The molecule has 0 aliphatic carbocycles. The van der Waals surface area contributed by atoms with E-state index in [1.165, 1.54) is 24.6 Å². The minimum absolute atomic E-state index is 0.0160. The molecular formula is C17H20Cl2N4O3S. The van der Waals surface area contributed by atoms with Gasteiger partial charge in [-0.25, -0.2) is 9.78 Å². The third-order valence-corrected chi connectivity index (χ3v) is 6.58. The summed E-state index contributed by atoms with van der Waals surface area (Å²) in [6.45, 7) is 4.56. The molecule has 1 fully saturated rings. The lowest BCUT2D eigenvalue weighted by Gasteiger charge is -2.37. The number of hydrogen-bond donors (Lipinski definition) is 2. The van der Waals surface area contributed by atoms with E-state index >= 15 is 0 Å². The van der Waals surface area contributed by atoms with Gasteiger partial charge in [-0.2, -0.15) is 0 Å². The van der Waals surface area contributed by atoms with Gasteiger partial charge >= 0.3 is 5.97 Å². The van der Waals surface area contributed by atoms with Crippen molar-refractivity contribution in [2.75, 3.05) is 18.6 Å². The molecule has 2 atom stereocenters. The van der Waals surface area contributed by atoms with E-state index < -0.39 is 0 Å². The largest absolute Gasteiger partial charge is 0.465 e. The Morgan fingerprint density at radius 1 is 1.41 bits per heavy atom. The molecule has 2 aromatic heterocycles. The highest BCUT2D eigenvalue weighted by Crippen LogP contribution is 2.31. The molecule has 0 saturated carbocycles. The maximum absolute atomic E-state index is 12.5. The van der Waals surface area contributed by atoms with Crippen molar-refractivity contribution in [3.63, 3.8) is 0 Å². The van der Waals surface area contributed by atoms with Gasteiger partial charge in [0.05, 0.1) is 23.4 Å². The normalized spacial score (nSPS) is 19.8. The first-order valence-corrected chi connectivity index (χ1v) is 10.0. The zero-order chi connectivity index (χ0) is 19.7. The molecule has 2 aromatic rings. The number of ether oxygens (including phenoxy) is 1. The minimum Gasteiger partial charge on any atom is -0.465 e. The fourth-order valence-corrected chi connectivity index (χ4v) is 4.54. The van der Waals surface area contributed by atoms with Gasteiger partial charge in [0.2, 0.25) is 0 Å². The van der Waals surface area contributed by atoms with Crippen LogP contribution >= 0.6 is 34.5 Å². The monoisotopic (exact) mass is 430 g/mol. The second kappa shape index (κ2) is 8.08. The molecule has 0 bridgehead atoms. The molecule has 1 saturated heterocycles. The Morgan fingerprint density at radius 3 is 2.74 bits per heavy atom. The topological polar surface area (TPSA) is 87.3 Å². The highest BCUT2D eigenvalue weighted by Gasteiger charge is 2.30. The van der Waals surface area contributed by atoms with Gasteiger partial charge in [-0.3, -0.25) is 4.79 Å². The van der Waals surface area contributed by atoms with Crippen LogP contribution in [-0.2, 0) is 4.74 Å². The molecule has 1 amide bonds. The van der Waals surface area contributed by atoms with Crippen molar-refractivity contribution in [3.05, 3.63) is 32.5 Å². The predicted octanol–water partition coefficient (Wildman–Crippen LogP) is 3.66. The number of anilines is 1. The Balaban J connectivity index is 1.63. The van der Waals surface area contributed by atoms with Crippen molar-refractivity contribution >= 4 is 51.5 Å². The molecule has 0 aromatic carbocycles. The van der Waals surface area contributed by atoms with Crippen LogP contribution in [-0.4, -0.2) is 47.6 Å². The fourth-order valence-electron chi connectivity index (χ4n) is 3.17. The van der Waals surface area contributed by atoms with Crippen LogP contribution in [0.5, 0.6) is 0 Å². The lowest BCUT2D eigenvalue weighted by Crippen LogP contribution is -2.49. The van der Waals surface area contributed by atoms with Gasteiger partial charge in [0, 0.05) is 24.3 Å². The Labute approximate surface area is 171 Å². The summed E-state index contributed by atoms with van der Waals surface area (Å²) in [6, 6.07) is 0.173. The number of H-pyrrole nitrogens is 1. The number of esters is 1. The maximum atomic E-state index is 12.5. The van der Waals surface area contributed by atoms with Crippen LogP contribution in [0.25, 0.3) is 0 Å². The van der Waals surface area contributed by atoms with Gasteiger partial charge in [-0.15, -0.1) is 0 Å². The lowest BCUT2D eigenvalue weighted by atomic mass is 9.98. The third kappa shape index (κ3) is 4.07. The van der Waals surface area contributed by atoms with Crippen molar-refractivity contribution in [1.29, 1.82) is 0 Å². The summed E-state index contributed by atoms with van der Waals surface area (Å²) < 4.78 is 4.73. The maximum Gasteiger partial charge on any atom is 0.349 e. The number of rotatable bonds is 4. The van der Waals surface area contributed by atoms with E-state index in [1.54, 1.807) is 6.92 Å². The Morgan fingerprint density at radius 2 is 2.15 bits per heavy atom. The molecule has 3 rings (SSSR count). The first-order chi connectivity index (χ1) is 12.8. The molecular weight excluding hydrogens is 411 g/mol. The van der Waals surface area contributed by atoms with Crippen LogP contribution in [0.3, 0.4) is 0 Å². The van der Waals surface area contributed by atoms with Crippen LogP contribution in [0.1, 0.15) is 45.6 Å².